The van der Waals surface area contributed by atoms with Crippen LogP contribution in [0.1, 0.15) is 36.8 Å². The third kappa shape index (κ3) is 3.47. The number of nitrogens with zero attached hydrogens (tertiary/aromatic N) is 1. The van der Waals surface area contributed by atoms with Gasteiger partial charge in [-0.3, -0.25) is 4.90 Å². The minimum absolute atomic E-state index is 0.759. The Balaban J connectivity index is 1.98. The SMILES string of the molecule is C=CCN(Cc1cc(CNCC)oc1C)C1CC1. The van der Waals surface area contributed by atoms with Gasteiger partial charge in [-0.2, -0.15) is 0 Å². The molecule has 18 heavy (non-hydrogen) atoms. The maximum atomic E-state index is 5.78. The zero-order chi connectivity index (χ0) is 13.0. The van der Waals surface area contributed by atoms with Crippen molar-refractivity contribution >= 4 is 0 Å². The van der Waals surface area contributed by atoms with Gasteiger partial charge in [0.1, 0.15) is 11.5 Å². The van der Waals surface area contributed by atoms with E-state index in [1.807, 2.05) is 6.08 Å². The number of hydrogen-bond acceptors (Lipinski definition) is 3. The van der Waals surface area contributed by atoms with Crippen molar-refractivity contribution < 1.29 is 4.42 Å². The molecular weight excluding hydrogens is 224 g/mol. The Bertz CT molecular complexity index is 393. The van der Waals surface area contributed by atoms with Gasteiger partial charge >= 0.3 is 0 Å². The van der Waals surface area contributed by atoms with Crippen LogP contribution in [0, 0.1) is 6.92 Å². The van der Waals surface area contributed by atoms with Crippen molar-refractivity contribution in [1.29, 1.82) is 0 Å². The van der Waals surface area contributed by atoms with E-state index in [1.165, 1.54) is 18.4 Å². The zero-order valence-corrected chi connectivity index (χ0v) is 11.5. The van der Waals surface area contributed by atoms with Crippen molar-refractivity contribution in [3.8, 4) is 0 Å². The van der Waals surface area contributed by atoms with E-state index in [1.54, 1.807) is 0 Å². The molecule has 3 heteroatoms. The lowest BCUT2D eigenvalue weighted by Gasteiger charge is -2.19. The minimum Gasteiger partial charge on any atom is -0.465 e. The fourth-order valence-corrected chi connectivity index (χ4v) is 2.25. The van der Waals surface area contributed by atoms with E-state index < -0.39 is 0 Å². The first-order valence-corrected chi connectivity index (χ1v) is 6.88. The summed E-state index contributed by atoms with van der Waals surface area (Å²) in [5, 5.41) is 3.30. The fraction of sp³-hybridized carbons (Fsp3) is 0.600. The van der Waals surface area contributed by atoms with Crippen molar-refractivity contribution in [2.24, 2.45) is 0 Å². The van der Waals surface area contributed by atoms with Gasteiger partial charge in [0.15, 0.2) is 0 Å². The highest BCUT2D eigenvalue weighted by atomic mass is 16.3. The Morgan fingerprint density at radius 3 is 2.94 bits per heavy atom. The molecule has 0 saturated heterocycles. The normalized spacial score (nSPS) is 15.3. The minimum atomic E-state index is 0.759. The third-order valence-corrected chi connectivity index (χ3v) is 3.42. The van der Waals surface area contributed by atoms with Gasteiger partial charge in [-0.25, -0.2) is 0 Å². The summed E-state index contributed by atoms with van der Waals surface area (Å²) in [5.41, 5.74) is 1.32. The second-order valence-electron chi connectivity index (χ2n) is 5.02. The number of rotatable bonds is 8. The number of nitrogens with one attached hydrogen (secondary N) is 1. The van der Waals surface area contributed by atoms with Crippen molar-refractivity contribution in [3.05, 3.63) is 35.8 Å². The summed E-state index contributed by atoms with van der Waals surface area (Å²) in [6.07, 6.45) is 4.65. The second-order valence-corrected chi connectivity index (χ2v) is 5.02. The van der Waals surface area contributed by atoms with Gasteiger partial charge in [0.2, 0.25) is 0 Å². The fourth-order valence-electron chi connectivity index (χ4n) is 2.25. The third-order valence-electron chi connectivity index (χ3n) is 3.42. The Labute approximate surface area is 110 Å². The standard InChI is InChI=1S/C15H24N2O/c1-4-8-17(14-6-7-14)11-13-9-15(10-16-5-2)18-12(13)3/h4,9,14,16H,1,5-8,10-11H2,2-3H3. The van der Waals surface area contributed by atoms with Crippen LogP contribution >= 0.6 is 0 Å². The molecule has 1 saturated carbocycles. The molecule has 0 aliphatic heterocycles. The van der Waals surface area contributed by atoms with Crippen LogP contribution in [0.4, 0.5) is 0 Å². The van der Waals surface area contributed by atoms with Crippen molar-refractivity contribution in [3.63, 3.8) is 0 Å². The first kappa shape index (κ1) is 13.4. The maximum Gasteiger partial charge on any atom is 0.118 e. The lowest BCUT2D eigenvalue weighted by atomic mass is 10.2. The molecule has 100 valence electrons. The molecule has 0 aromatic carbocycles. The van der Waals surface area contributed by atoms with Crippen LogP contribution in [-0.4, -0.2) is 24.0 Å². The van der Waals surface area contributed by atoms with Gasteiger partial charge in [0.05, 0.1) is 6.54 Å². The van der Waals surface area contributed by atoms with E-state index >= 15 is 0 Å². The molecule has 1 fully saturated rings. The average Bonchev–Trinajstić information content (AvgIpc) is 3.13. The van der Waals surface area contributed by atoms with Crippen LogP contribution in [0.15, 0.2) is 23.1 Å². The van der Waals surface area contributed by atoms with Gasteiger partial charge in [0, 0.05) is 24.7 Å². The molecule has 0 amide bonds. The topological polar surface area (TPSA) is 28.4 Å². The van der Waals surface area contributed by atoms with E-state index in [-0.39, 0.29) is 0 Å². The molecule has 0 radical (unpaired) electrons. The molecule has 1 N–H and O–H groups in total. The lowest BCUT2D eigenvalue weighted by Crippen LogP contribution is -2.25. The summed E-state index contributed by atoms with van der Waals surface area (Å²) in [5.74, 6) is 2.09. The van der Waals surface area contributed by atoms with Gasteiger partial charge in [-0.05, 0) is 32.4 Å². The predicted octanol–water partition coefficient (Wildman–Crippen LogP) is 2.85. The number of furan rings is 1. The van der Waals surface area contributed by atoms with Crippen molar-refractivity contribution in [2.45, 2.75) is 45.8 Å². The molecule has 0 bridgehead atoms. The van der Waals surface area contributed by atoms with Crippen LogP contribution in [0.3, 0.4) is 0 Å². The smallest absolute Gasteiger partial charge is 0.118 e. The second kappa shape index (κ2) is 6.21. The molecule has 1 aliphatic carbocycles. The van der Waals surface area contributed by atoms with E-state index in [0.717, 1.165) is 43.7 Å². The summed E-state index contributed by atoms with van der Waals surface area (Å²) < 4.78 is 5.78. The summed E-state index contributed by atoms with van der Waals surface area (Å²) in [6.45, 7) is 11.8. The summed E-state index contributed by atoms with van der Waals surface area (Å²) in [7, 11) is 0. The molecule has 0 atom stereocenters. The van der Waals surface area contributed by atoms with E-state index in [4.69, 9.17) is 4.42 Å². The molecule has 1 aromatic rings. The van der Waals surface area contributed by atoms with Crippen LogP contribution in [0.25, 0.3) is 0 Å². The number of hydrogen-bond donors (Lipinski definition) is 1. The molecule has 0 unspecified atom stereocenters. The van der Waals surface area contributed by atoms with Crippen LogP contribution in [0.2, 0.25) is 0 Å². The van der Waals surface area contributed by atoms with Gasteiger partial charge in [-0.1, -0.05) is 13.0 Å². The summed E-state index contributed by atoms with van der Waals surface area (Å²) in [6, 6.07) is 2.95. The van der Waals surface area contributed by atoms with E-state index in [0.29, 0.717) is 0 Å². The monoisotopic (exact) mass is 248 g/mol. The van der Waals surface area contributed by atoms with Crippen LogP contribution < -0.4 is 5.32 Å². The molecule has 1 heterocycles. The Morgan fingerprint density at radius 1 is 1.56 bits per heavy atom. The highest BCUT2D eigenvalue weighted by Gasteiger charge is 2.28. The zero-order valence-electron chi connectivity index (χ0n) is 11.5. The van der Waals surface area contributed by atoms with Gasteiger partial charge in [-0.15, -0.1) is 6.58 Å². The van der Waals surface area contributed by atoms with Crippen molar-refractivity contribution in [2.75, 3.05) is 13.1 Å². The average molecular weight is 248 g/mol. The summed E-state index contributed by atoms with van der Waals surface area (Å²) in [4.78, 5) is 2.49. The molecule has 3 nitrogen and oxygen atoms in total. The molecule has 1 aromatic heterocycles. The quantitative estimate of drug-likeness (QED) is 0.717. The Morgan fingerprint density at radius 2 is 2.33 bits per heavy atom. The van der Waals surface area contributed by atoms with Crippen LogP contribution in [0.5, 0.6) is 0 Å². The molecule has 0 spiro atoms. The summed E-state index contributed by atoms with van der Waals surface area (Å²) >= 11 is 0. The number of aryl methyl sites for hydroxylation is 1. The first-order chi connectivity index (χ1) is 8.74. The van der Waals surface area contributed by atoms with E-state index in [9.17, 15) is 0 Å². The van der Waals surface area contributed by atoms with Crippen LogP contribution in [-0.2, 0) is 13.1 Å². The Kier molecular flexibility index (Phi) is 4.61. The largest absolute Gasteiger partial charge is 0.465 e. The predicted molar refractivity (Wildman–Crippen MR) is 74.5 cm³/mol. The molecule has 2 rings (SSSR count). The maximum absolute atomic E-state index is 5.78. The first-order valence-electron chi connectivity index (χ1n) is 6.88. The Hall–Kier alpha value is -1.06. The van der Waals surface area contributed by atoms with Gasteiger partial charge in [0.25, 0.3) is 0 Å². The lowest BCUT2D eigenvalue weighted by molar-refractivity contribution is 0.282. The van der Waals surface area contributed by atoms with E-state index in [2.05, 4.69) is 36.7 Å². The molecule has 1 aliphatic rings. The highest BCUT2D eigenvalue weighted by Crippen LogP contribution is 2.29. The van der Waals surface area contributed by atoms with Gasteiger partial charge < -0.3 is 9.73 Å². The highest BCUT2D eigenvalue weighted by molar-refractivity contribution is 5.21. The van der Waals surface area contributed by atoms with Crippen molar-refractivity contribution in [1.82, 2.24) is 10.2 Å². The molecular formula is C15H24N2O.